The van der Waals surface area contributed by atoms with Gasteiger partial charge in [-0.05, 0) is 12.1 Å². The predicted octanol–water partition coefficient (Wildman–Crippen LogP) is 0.312. The number of fused-ring (bicyclic) bond motifs is 1. The molecule has 90 valence electrons. The Labute approximate surface area is 99.2 Å². The SMILES string of the molecule is O=c1[nH]c(=O)c2[nH]c(-c3ccccc3O)nc2[nH]1. The van der Waals surface area contributed by atoms with Gasteiger partial charge in [-0.25, -0.2) is 9.78 Å². The zero-order chi connectivity index (χ0) is 12.7. The van der Waals surface area contributed by atoms with Crippen LogP contribution in [0.3, 0.4) is 0 Å². The minimum absolute atomic E-state index is 0.0373. The van der Waals surface area contributed by atoms with E-state index < -0.39 is 11.2 Å². The lowest BCUT2D eigenvalue weighted by Crippen LogP contribution is -2.21. The Bertz CT molecular complexity index is 843. The average molecular weight is 244 g/mol. The number of aromatic hydroxyl groups is 1. The number of aromatic nitrogens is 4. The third kappa shape index (κ3) is 1.49. The van der Waals surface area contributed by atoms with Crippen molar-refractivity contribution in [1.29, 1.82) is 0 Å². The molecular weight excluding hydrogens is 236 g/mol. The predicted molar refractivity (Wildman–Crippen MR) is 64.4 cm³/mol. The molecule has 18 heavy (non-hydrogen) atoms. The molecule has 7 heteroatoms. The van der Waals surface area contributed by atoms with Crippen molar-refractivity contribution in [2.75, 3.05) is 0 Å². The van der Waals surface area contributed by atoms with Crippen LogP contribution in [-0.2, 0) is 0 Å². The lowest BCUT2D eigenvalue weighted by atomic mass is 10.2. The van der Waals surface area contributed by atoms with Crippen molar-refractivity contribution in [3.8, 4) is 17.1 Å². The van der Waals surface area contributed by atoms with E-state index in [9.17, 15) is 14.7 Å². The van der Waals surface area contributed by atoms with Crippen LogP contribution in [0.25, 0.3) is 22.6 Å². The van der Waals surface area contributed by atoms with Crippen molar-refractivity contribution in [2.24, 2.45) is 0 Å². The molecule has 0 unspecified atom stereocenters. The topological polar surface area (TPSA) is 115 Å². The zero-order valence-electron chi connectivity index (χ0n) is 9.02. The summed E-state index contributed by atoms with van der Waals surface area (Å²) in [6.07, 6.45) is 0. The molecule has 0 amide bonds. The number of aromatic amines is 3. The smallest absolute Gasteiger partial charge is 0.327 e. The summed E-state index contributed by atoms with van der Waals surface area (Å²) in [6.45, 7) is 0. The van der Waals surface area contributed by atoms with Crippen molar-refractivity contribution in [3.63, 3.8) is 0 Å². The van der Waals surface area contributed by atoms with Gasteiger partial charge in [-0.1, -0.05) is 12.1 Å². The molecule has 0 aliphatic heterocycles. The van der Waals surface area contributed by atoms with E-state index in [1.54, 1.807) is 18.2 Å². The number of phenolic OH excluding ortho intramolecular Hbond substituents is 1. The fourth-order valence-corrected chi connectivity index (χ4v) is 1.73. The number of H-pyrrole nitrogens is 3. The second-order valence-electron chi connectivity index (χ2n) is 3.73. The van der Waals surface area contributed by atoms with Gasteiger partial charge in [0.1, 0.15) is 17.1 Å². The van der Waals surface area contributed by atoms with Crippen LogP contribution in [0.2, 0.25) is 0 Å². The molecule has 0 fully saturated rings. The van der Waals surface area contributed by atoms with E-state index in [1.165, 1.54) is 6.07 Å². The maximum absolute atomic E-state index is 11.5. The average Bonchev–Trinajstić information content (AvgIpc) is 2.73. The third-order valence-corrected chi connectivity index (χ3v) is 2.55. The fourth-order valence-electron chi connectivity index (χ4n) is 1.73. The normalized spacial score (nSPS) is 10.9. The van der Waals surface area contributed by atoms with Gasteiger partial charge in [0.05, 0.1) is 5.56 Å². The minimum Gasteiger partial charge on any atom is -0.507 e. The van der Waals surface area contributed by atoms with E-state index in [2.05, 4.69) is 19.9 Å². The van der Waals surface area contributed by atoms with E-state index in [0.717, 1.165) is 0 Å². The van der Waals surface area contributed by atoms with Crippen LogP contribution in [0.15, 0.2) is 33.9 Å². The van der Waals surface area contributed by atoms with E-state index in [1.807, 2.05) is 0 Å². The summed E-state index contributed by atoms with van der Waals surface area (Å²) in [5, 5.41) is 9.70. The van der Waals surface area contributed by atoms with Gasteiger partial charge in [0.15, 0.2) is 5.65 Å². The summed E-state index contributed by atoms with van der Waals surface area (Å²) in [4.78, 5) is 34.0. The molecule has 0 bridgehead atoms. The quantitative estimate of drug-likeness (QED) is 0.493. The first-order chi connectivity index (χ1) is 8.65. The number of rotatable bonds is 1. The maximum Gasteiger partial charge on any atom is 0.327 e. The monoisotopic (exact) mass is 244 g/mol. The van der Waals surface area contributed by atoms with Crippen molar-refractivity contribution in [2.45, 2.75) is 0 Å². The number of benzene rings is 1. The van der Waals surface area contributed by atoms with Gasteiger partial charge in [-0.3, -0.25) is 14.8 Å². The van der Waals surface area contributed by atoms with E-state index >= 15 is 0 Å². The van der Waals surface area contributed by atoms with Crippen molar-refractivity contribution in [3.05, 3.63) is 45.1 Å². The Kier molecular flexibility index (Phi) is 2.06. The molecule has 0 radical (unpaired) electrons. The summed E-state index contributed by atoms with van der Waals surface area (Å²) >= 11 is 0. The number of hydrogen-bond acceptors (Lipinski definition) is 4. The molecule has 2 heterocycles. The number of nitrogens with zero attached hydrogens (tertiary/aromatic N) is 1. The molecule has 0 atom stereocenters. The van der Waals surface area contributed by atoms with Crippen LogP contribution in [0, 0.1) is 0 Å². The summed E-state index contributed by atoms with van der Waals surface area (Å²) in [6, 6.07) is 6.57. The summed E-state index contributed by atoms with van der Waals surface area (Å²) < 4.78 is 0. The molecule has 2 aromatic heterocycles. The van der Waals surface area contributed by atoms with Gasteiger partial charge in [0.25, 0.3) is 5.56 Å². The van der Waals surface area contributed by atoms with Crippen LogP contribution in [0.5, 0.6) is 5.75 Å². The van der Waals surface area contributed by atoms with Gasteiger partial charge >= 0.3 is 5.69 Å². The summed E-state index contributed by atoms with van der Waals surface area (Å²) in [5.74, 6) is 0.353. The molecule has 0 saturated heterocycles. The molecule has 0 saturated carbocycles. The van der Waals surface area contributed by atoms with Gasteiger partial charge in [-0.15, -0.1) is 0 Å². The molecule has 7 nitrogen and oxygen atoms in total. The van der Waals surface area contributed by atoms with Crippen LogP contribution < -0.4 is 11.2 Å². The maximum atomic E-state index is 11.5. The lowest BCUT2D eigenvalue weighted by molar-refractivity contribution is 0.477. The third-order valence-electron chi connectivity index (χ3n) is 2.55. The van der Waals surface area contributed by atoms with Crippen molar-refractivity contribution >= 4 is 11.2 Å². The van der Waals surface area contributed by atoms with Crippen molar-refractivity contribution < 1.29 is 5.11 Å². The van der Waals surface area contributed by atoms with Gasteiger partial charge in [0.2, 0.25) is 0 Å². The van der Waals surface area contributed by atoms with Crippen LogP contribution in [0.1, 0.15) is 0 Å². The fraction of sp³-hybridized carbons (Fsp3) is 0. The molecule has 3 rings (SSSR count). The number of para-hydroxylation sites is 1. The Hall–Kier alpha value is -2.83. The second kappa shape index (κ2) is 3.59. The van der Waals surface area contributed by atoms with Gasteiger partial charge < -0.3 is 10.1 Å². The van der Waals surface area contributed by atoms with Crippen LogP contribution in [-0.4, -0.2) is 25.0 Å². The highest BCUT2D eigenvalue weighted by atomic mass is 16.3. The van der Waals surface area contributed by atoms with E-state index in [4.69, 9.17) is 0 Å². The number of nitrogens with one attached hydrogen (secondary N) is 3. The highest BCUT2D eigenvalue weighted by molar-refractivity contribution is 5.76. The molecular formula is C11H8N4O3. The van der Waals surface area contributed by atoms with E-state index in [0.29, 0.717) is 11.4 Å². The second-order valence-corrected chi connectivity index (χ2v) is 3.73. The molecule has 4 N–H and O–H groups in total. The Morgan fingerprint density at radius 1 is 1.06 bits per heavy atom. The van der Waals surface area contributed by atoms with Gasteiger partial charge in [-0.2, -0.15) is 0 Å². The highest BCUT2D eigenvalue weighted by Gasteiger charge is 2.11. The standard InChI is InChI=1S/C11H8N4O3/c16-6-4-2-1-3-5(6)8-12-7-9(13-8)14-11(18)15-10(7)17/h1-4,16H,(H3,12,13,14,15,17,18). The first-order valence-electron chi connectivity index (χ1n) is 5.16. The Morgan fingerprint density at radius 3 is 2.61 bits per heavy atom. The molecule has 1 aromatic carbocycles. The first-order valence-corrected chi connectivity index (χ1v) is 5.16. The minimum atomic E-state index is -0.622. The Morgan fingerprint density at radius 2 is 1.83 bits per heavy atom. The number of imidazole rings is 1. The molecule has 0 spiro atoms. The zero-order valence-corrected chi connectivity index (χ0v) is 9.02. The first kappa shape index (κ1) is 10.3. The van der Waals surface area contributed by atoms with Crippen molar-refractivity contribution in [1.82, 2.24) is 19.9 Å². The van der Waals surface area contributed by atoms with Crippen LogP contribution >= 0.6 is 0 Å². The summed E-state index contributed by atoms with van der Waals surface area (Å²) in [7, 11) is 0. The molecule has 0 aliphatic rings. The molecule has 3 aromatic rings. The summed E-state index contributed by atoms with van der Waals surface area (Å²) in [5.41, 5.74) is -0.408. The Balaban J connectivity index is 2.33. The number of phenols is 1. The largest absolute Gasteiger partial charge is 0.507 e. The number of hydrogen-bond donors (Lipinski definition) is 4. The van der Waals surface area contributed by atoms with Gasteiger partial charge in [0, 0.05) is 0 Å². The highest BCUT2D eigenvalue weighted by Crippen LogP contribution is 2.26. The molecule has 0 aliphatic carbocycles. The lowest BCUT2D eigenvalue weighted by Gasteiger charge is -1.98. The van der Waals surface area contributed by atoms with Crippen LogP contribution in [0.4, 0.5) is 0 Å². The van der Waals surface area contributed by atoms with E-state index in [-0.39, 0.29) is 16.9 Å².